The number of hydrogen-bond acceptors (Lipinski definition) is 3. The average Bonchev–Trinajstić information content (AvgIpc) is 3.08. The number of nitrogens with zero attached hydrogens (tertiary/aromatic N) is 2. The number of fused-ring (bicyclic) bond motifs is 1. The molecule has 0 unspecified atom stereocenters. The molecule has 0 saturated heterocycles. The zero-order chi connectivity index (χ0) is 20.6. The minimum atomic E-state index is -3.59. The van der Waals surface area contributed by atoms with Crippen LogP contribution in [0.15, 0.2) is 35.2 Å². The molecule has 1 amide bonds. The molecule has 2 aromatic rings. The number of halogens is 3. The summed E-state index contributed by atoms with van der Waals surface area (Å²) in [5.74, 6) is -1.19. The molecule has 1 heterocycles. The fourth-order valence-electron chi connectivity index (χ4n) is 3.29. The van der Waals surface area contributed by atoms with E-state index in [0.717, 1.165) is 11.6 Å². The smallest absolute Gasteiger partial charge is 0.259 e. The number of benzene rings is 2. The van der Waals surface area contributed by atoms with Gasteiger partial charge in [-0.3, -0.25) is 4.79 Å². The Morgan fingerprint density at radius 1 is 1.14 bits per heavy atom. The van der Waals surface area contributed by atoms with Gasteiger partial charge >= 0.3 is 0 Å². The maximum Gasteiger partial charge on any atom is 0.259 e. The normalized spacial score (nSPS) is 13.9. The first-order valence-electron chi connectivity index (χ1n) is 8.80. The van der Waals surface area contributed by atoms with E-state index in [0.29, 0.717) is 31.7 Å². The Bertz CT molecular complexity index is 1040. The van der Waals surface area contributed by atoms with Crippen LogP contribution in [0.1, 0.15) is 29.8 Å². The zero-order valence-electron chi connectivity index (χ0n) is 15.4. The van der Waals surface area contributed by atoms with Crippen LogP contribution >= 0.6 is 23.2 Å². The van der Waals surface area contributed by atoms with Crippen molar-refractivity contribution in [3.8, 4) is 0 Å². The van der Waals surface area contributed by atoms with Crippen LogP contribution in [0, 0.1) is 5.82 Å². The molecule has 0 N–H and O–H groups in total. The Kier molecular flexibility index (Phi) is 6.00. The Balaban J connectivity index is 1.96. The van der Waals surface area contributed by atoms with Crippen LogP contribution in [0.4, 0.5) is 10.1 Å². The molecule has 0 spiro atoms. The molecule has 5 nitrogen and oxygen atoms in total. The largest absolute Gasteiger partial charge is 0.308 e. The van der Waals surface area contributed by atoms with Crippen molar-refractivity contribution in [1.29, 1.82) is 0 Å². The molecule has 0 radical (unpaired) electrons. The van der Waals surface area contributed by atoms with Crippen LogP contribution in [0.2, 0.25) is 10.0 Å². The van der Waals surface area contributed by atoms with E-state index in [1.807, 2.05) is 0 Å². The minimum Gasteiger partial charge on any atom is -0.308 e. The Hall–Kier alpha value is -1.67. The summed E-state index contributed by atoms with van der Waals surface area (Å²) in [6.07, 6.45) is 0.496. The van der Waals surface area contributed by atoms with E-state index in [9.17, 15) is 17.6 Å². The highest BCUT2D eigenvalue weighted by Gasteiger charge is 2.30. The number of carbonyl (C=O) groups excluding carboxylic acids is 1. The number of anilines is 1. The van der Waals surface area contributed by atoms with Gasteiger partial charge in [0.05, 0.1) is 20.5 Å². The summed E-state index contributed by atoms with van der Waals surface area (Å²) in [6, 6.07) is 6.91. The number of rotatable bonds is 5. The third-order valence-corrected chi connectivity index (χ3v) is 7.42. The first kappa shape index (κ1) is 21.0. The van der Waals surface area contributed by atoms with Gasteiger partial charge in [-0.05, 0) is 42.3 Å². The summed E-state index contributed by atoms with van der Waals surface area (Å²) in [7, 11) is -3.59. The van der Waals surface area contributed by atoms with Crippen LogP contribution < -0.4 is 4.90 Å². The zero-order valence-corrected chi connectivity index (χ0v) is 17.7. The standard InChI is InChI=1S/C19H19Cl2FN2O3S/c1-3-23(4-2)28(26,27)13-5-6-18-12(9-13)7-8-24(18)19(25)14-10-17(22)16(21)11-15(14)20/h5-6,9-11H,3-4,7-8H2,1-2H3. The van der Waals surface area contributed by atoms with E-state index in [4.69, 9.17) is 23.2 Å². The summed E-state index contributed by atoms with van der Waals surface area (Å²) in [5, 5.41) is -0.0970. The average molecular weight is 445 g/mol. The van der Waals surface area contributed by atoms with E-state index in [-0.39, 0.29) is 20.5 Å². The first-order chi connectivity index (χ1) is 13.2. The second kappa shape index (κ2) is 7.99. The highest BCUT2D eigenvalue weighted by Crippen LogP contribution is 2.34. The summed E-state index contributed by atoms with van der Waals surface area (Å²) >= 11 is 11.8. The maximum atomic E-state index is 13.8. The summed E-state index contributed by atoms with van der Waals surface area (Å²) in [5.41, 5.74) is 1.35. The van der Waals surface area contributed by atoms with Crippen LogP contribution in [-0.4, -0.2) is 38.3 Å². The van der Waals surface area contributed by atoms with Gasteiger partial charge in [-0.15, -0.1) is 0 Å². The molecule has 150 valence electrons. The number of carbonyl (C=O) groups is 1. The van der Waals surface area contributed by atoms with Gasteiger partial charge in [-0.1, -0.05) is 37.0 Å². The molecule has 0 bridgehead atoms. The fraction of sp³-hybridized carbons (Fsp3) is 0.316. The second-order valence-corrected chi connectivity index (χ2v) is 9.09. The molecule has 0 aliphatic carbocycles. The Morgan fingerprint density at radius 2 is 1.82 bits per heavy atom. The third kappa shape index (κ3) is 3.64. The second-order valence-electron chi connectivity index (χ2n) is 6.33. The minimum absolute atomic E-state index is 0.0104. The van der Waals surface area contributed by atoms with Gasteiger partial charge in [0.1, 0.15) is 5.82 Å². The van der Waals surface area contributed by atoms with Crippen molar-refractivity contribution in [1.82, 2.24) is 4.31 Å². The van der Waals surface area contributed by atoms with Crippen LogP contribution in [0.25, 0.3) is 0 Å². The van der Waals surface area contributed by atoms with Crippen molar-refractivity contribution in [3.05, 3.63) is 57.3 Å². The molecule has 0 fully saturated rings. The third-order valence-electron chi connectivity index (χ3n) is 4.78. The van der Waals surface area contributed by atoms with Crippen molar-refractivity contribution >= 4 is 44.8 Å². The monoisotopic (exact) mass is 444 g/mol. The lowest BCUT2D eigenvalue weighted by Gasteiger charge is -2.20. The summed E-state index contributed by atoms with van der Waals surface area (Å²) < 4.78 is 40.6. The van der Waals surface area contributed by atoms with Crippen LogP contribution in [0.5, 0.6) is 0 Å². The van der Waals surface area contributed by atoms with E-state index < -0.39 is 21.7 Å². The van der Waals surface area contributed by atoms with Crippen molar-refractivity contribution in [2.75, 3.05) is 24.5 Å². The van der Waals surface area contributed by atoms with Gasteiger partial charge in [-0.2, -0.15) is 4.31 Å². The highest BCUT2D eigenvalue weighted by molar-refractivity contribution is 7.89. The van der Waals surface area contributed by atoms with Gasteiger partial charge in [0.2, 0.25) is 10.0 Å². The van der Waals surface area contributed by atoms with Crippen LogP contribution in [-0.2, 0) is 16.4 Å². The van der Waals surface area contributed by atoms with Gasteiger partial charge in [0.15, 0.2) is 0 Å². The van der Waals surface area contributed by atoms with Gasteiger partial charge in [0, 0.05) is 25.3 Å². The molecular weight excluding hydrogens is 426 g/mol. The molecule has 1 aliphatic heterocycles. The highest BCUT2D eigenvalue weighted by atomic mass is 35.5. The van der Waals surface area contributed by atoms with E-state index in [1.165, 1.54) is 21.3 Å². The lowest BCUT2D eigenvalue weighted by Crippen LogP contribution is -2.31. The van der Waals surface area contributed by atoms with Crippen molar-refractivity contribution in [2.24, 2.45) is 0 Å². The molecule has 0 saturated carbocycles. The molecule has 2 aromatic carbocycles. The van der Waals surface area contributed by atoms with Gasteiger partial charge < -0.3 is 4.90 Å². The summed E-state index contributed by atoms with van der Waals surface area (Å²) in [4.78, 5) is 14.5. The van der Waals surface area contributed by atoms with E-state index in [2.05, 4.69) is 0 Å². The van der Waals surface area contributed by atoms with Crippen molar-refractivity contribution < 1.29 is 17.6 Å². The molecule has 1 aliphatic rings. The Labute approximate surface area is 173 Å². The molecule has 9 heteroatoms. The molecular formula is C19H19Cl2FN2O3S. The predicted molar refractivity (Wildman–Crippen MR) is 108 cm³/mol. The number of sulfonamides is 1. The topological polar surface area (TPSA) is 57.7 Å². The molecule has 0 atom stereocenters. The molecule has 28 heavy (non-hydrogen) atoms. The fourth-order valence-corrected chi connectivity index (χ4v) is 5.27. The quantitative estimate of drug-likeness (QED) is 0.643. The number of hydrogen-bond donors (Lipinski definition) is 0. The van der Waals surface area contributed by atoms with E-state index >= 15 is 0 Å². The maximum absolute atomic E-state index is 13.8. The number of amides is 1. The molecule has 0 aromatic heterocycles. The summed E-state index contributed by atoms with van der Waals surface area (Å²) in [6.45, 7) is 4.67. The van der Waals surface area contributed by atoms with Gasteiger partial charge in [-0.25, -0.2) is 12.8 Å². The lowest BCUT2D eigenvalue weighted by atomic mass is 10.1. The van der Waals surface area contributed by atoms with Crippen LogP contribution in [0.3, 0.4) is 0 Å². The predicted octanol–water partition coefficient (Wildman–Crippen LogP) is 4.37. The van der Waals surface area contributed by atoms with Crippen molar-refractivity contribution in [3.63, 3.8) is 0 Å². The van der Waals surface area contributed by atoms with Crippen molar-refractivity contribution in [2.45, 2.75) is 25.2 Å². The SMILES string of the molecule is CCN(CC)S(=O)(=O)c1ccc2c(c1)CCN2C(=O)c1cc(F)c(Cl)cc1Cl. The Morgan fingerprint density at radius 3 is 2.46 bits per heavy atom. The molecule has 3 rings (SSSR count). The van der Waals surface area contributed by atoms with E-state index in [1.54, 1.807) is 26.0 Å². The van der Waals surface area contributed by atoms with Gasteiger partial charge in [0.25, 0.3) is 5.91 Å². The lowest BCUT2D eigenvalue weighted by molar-refractivity contribution is 0.0989. The first-order valence-corrected chi connectivity index (χ1v) is 11.0.